The Bertz CT molecular complexity index is 827. The van der Waals surface area contributed by atoms with Crippen molar-refractivity contribution in [1.82, 2.24) is 14.9 Å². The Kier molecular flexibility index (Phi) is 4.44. The zero-order valence-electron chi connectivity index (χ0n) is 14.7. The van der Waals surface area contributed by atoms with Crippen LogP contribution in [0.1, 0.15) is 35.7 Å². The molecule has 3 heterocycles. The zero-order valence-corrected chi connectivity index (χ0v) is 14.7. The number of aromatic nitrogens is 2. The molecular formula is C19H21FN5O. The lowest BCUT2D eigenvalue weighted by atomic mass is 10.1. The third-order valence-corrected chi connectivity index (χ3v) is 4.96. The Morgan fingerprint density at radius 3 is 3.15 bits per heavy atom. The quantitative estimate of drug-likeness (QED) is 0.914. The van der Waals surface area contributed by atoms with Crippen LogP contribution in [-0.4, -0.2) is 46.5 Å². The third kappa shape index (κ3) is 2.98. The molecular weight excluding hydrogens is 333 g/mol. The van der Waals surface area contributed by atoms with E-state index in [1.54, 1.807) is 23.2 Å². The zero-order chi connectivity index (χ0) is 18.1. The van der Waals surface area contributed by atoms with Crippen molar-refractivity contribution < 1.29 is 9.18 Å². The standard InChI is InChI=1S/C19H21FN5O/c1-2-21-19-22-10-15-17(23-19)25-9-5-7-14(25)12-24(18(15)26)11-13-6-3-4-8-16(13)20/h3,6,8,10,14H,2,5,7,9,11-12H2,1H3,(H,21,22,23)/t14-/m0/s1. The second-order valence-corrected chi connectivity index (χ2v) is 6.65. The van der Waals surface area contributed by atoms with Gasteiger partial charge in [0.1, 0.15) is 17.2 Å². The molecule has 135 valence electrons. The van der Waals surface area contributed by atoms with E-state index >= 15 is 0 Å². The van der Waals surface area contributed by atoms with E-state index in [0.717, 1.165) is 19.4 Å². The van der Waals surface area contributed by atoms with Crippen molar-refractivity contribution in [2.24, 2.45) is 0 Å². The third-order valence-electron chi connectivity index (χ3n) is 4.96. The van der Waals surface area contributed by atoms with E-state index in [1.807, 2.05) is 6.92 Å². The van der Waals surface area contributed by atoms with E-state index in [2.05, 4.69) is 26.3 Å². The molecule has 2 aromatic rings. The lowest BCUT2D eigenvalue weighted by Gasteiger charge is -2.27. The number of nitrogens with zero attached hydrogens (tertiary/aromatic N) is 4. The topological polar surface area (TPSA) is 61.4 Å². The molecule has 0 bridgehead atoms. The molecule has 6 nitrogen and oxygen atoms in total. The van der Waals surface area contributed by atoms with E-state index in [4.69, 9.17) is 0 Å². The summed E-state index contributed by atoms with van der Waals surface area (Å²) in [4.78, 5) is 25.9. The molecule has 1 N–H and O–H groups in total. The Hall–Kier alpha value is -2.70. The fourth-order valence-electron chi connectivity index (χ4n) is 3.71. The molecule has 2 aliphatic heterocycles. The summed E-state index contributed by atoms with van der Waals surface area (Å²) in [6, 6.07) is 7.56. The van der Waals surface area contributed by atoms with Crippen LogP contribution in [0.25, 0.3) is 0 Å². The number of amides is 1. The van der Waals surface area contributed by atoms with Gasteiger partial charge in [-0.3, -0.25) is 4.79 Å². The van der Waals surface area contributed by atoms with Gasteiger partial charge in [-0.25, -0.2) is 9.37 Å². The highest BCUT2D eigenvalue weighted by Gasteiger charge is 2.37. The van der Waals surface area contributed by atoms with Crippen molar-refractivity contribution in [3.8, 4) is 0 Å². The number of fused-ring (bicyclic) bond motifs is 3. The highest BCUT2D eigenvalue weighted by molar-refractivity contribution is 5.99. The van der Waals surface area contributed by atoms with Crippen molar-refractivity contribution in [3.63, 3.8) is 0 Å². The second kappa shape index (κ2) is 6.90. The highest BCUT2D eigenvalue weighted by Crippen LogP contribution is 2.32. The van der Waals surface area contributed by atoms with Gasteiger partial charge in [0.25, 0.3) is 5.91 Å². The Morgan fingerprint density at radius 2 is 2.35 bits per heavy atom. The number of hydrogen-bond acceptors (Lipinski definition) is 5. The number of halogens is 1. The fraction of sp³-hybridized carbons (Fsp3) is 0.421. The van der Waals surface area contributed by atoms with Crippen LogP contribution in [0, 0.1) is 11.9 Å². The maximum atomic E-state index is 14.1. The van der Waals surface area contributed by atoms with Crippen LogP contribution in [0.15, 0.2) is 24.4 Å². The number of benzene rings is 1. The normalized spacial score (nSPS) is 19.2. The summed E-state index contributed by atoms with van der Waals surface area (Å²) in [6.07, 6.45) is 3.64. The van der Waals surface area contributed by atoms with E-state index in [9.17, 15) is 9.18 Å². The molecule has 0 aliphatic carbocycles. The van der Waals surface area contributed by atoms with E-state index in [-0.39, 0.29) is 24.3 Å². The van der Waals surface area contributed by atoms with Gasteiger partial charge in [0.2, 0.25) is 5.95 Å². The molecule has 1 saturated heterocycles. The summed E-state index contributed by atoms with van der Waals surface area (Å²) in [6.45, 7) is 4.36. The Balaban J connectivity index is 1.71. The van der Waals surface area contributed by atoms with Crippen LogP contribution in [0.3, 0.4) is 0 Å². The molecule has 1 radical (unpaired) electrons. The summed E-state index contributed by atoms with van der Waals surface area (Å²) in [5.74, 6) is 0.729. The molecule has 1 fully saturated rings. The minimum absolute atomic E-state index is 0.148. The van der Waals surface area contributed by atoms with Crippen molar-refractivity contribution in [2.45, 2.75) is 32.4 Å². The molecule has 1 atom stereocenters. The maximum Gasteiger partial charge on any atom is 0.259 e. The van der Waals surface area contributed by atoms with Crippen LogP contribution in [0.2, 0.25) is 0 Å². The van der Waals surface area contributed by atoms with Gasteiger partial charge < -0.3 is 15.1 Å². The van der Waals surface area contributed by atoms with Gasteiger partial charge in [0, 0.05) is 44.0 Å². The second-order valence-electron chi connectivity index (χ2n) is 6.65. The van der Waals surface area contributed by atoms with Crippen molar-refractivity contribution in [3.05, 3.63) is 47.4 Å². The number of carbonyl (C=O) groups excluding carboxylic acids is 1. The van der Waals surface area contributed by atoms with E-state index in [1.165, 1.54) is 6.07 Å². The van der Waals surface area contributed by atoms with E-state index < -0.39 is 0 Å². The van der Waals surface area contributed by atoms with Gasteiger partial charge in [-0.05, 0) is 31.9 Å². The SMILES string of the molecule is CCNc1ncc2c(n1)N1CCC[C@H]1CN(Cc1cc[c]cc1F)C2=O. The van der Waals surface area contributed by atoms with Crippen LogP contribution in [-0.2, 0) is 6.54 Å². The predicted molar refractivity (Wildman–Crippen MR) is 96.5 cm³/mol. The molecule has 1 aromatic carbocycles. The van der Waals surface area contributed by atoms with Gasteiger partial charge in [0.05, 0.1) is 0 Å². The van der Waals surface area contributed by atoms with Crippen LogP contribution < -0.4 is 10.2 Å². The molecule has 1 amide bonds. The number of nitrogens with one attached hydrogen (secondary N) is 1. The number of carbonyl (C=O) groups is 1. The van der Waals surface area contributed by atoms with Crippen molar-refractivity contribution in [1.29, 1.82) is 0 Å². The average molecular weight is 354 g/mol. The van der Waals surface area contributed by atoms with Gasteiger partial charge in [-0.2, -0.15) is 4.98 Å². The largest absolute Gasteiger partial charge is 0.354 e. The lowest BCUT2D eigenvalue weighted by Crippen LogP contribution is -2.39. The molecule has 1 aromatic heterocycles. The lowest BCUT2D eigenvalue weighted by molar-refractivity contribution is 0.0740. The van der Waals surface area contributed by atoms with E-state index in [0.29, 0.717) is 36.0 Å². The maximum absolute atomic E-state index is 14.1. The fourth-order valence-corrected chi connectivity index (χ4v) is 3.71. The first kappa shape index (κ1) is 16.8. The van der Waals surface area contributed by atoms with Gasteiger partial charge in [-0.1, -0.05) is 12.1 Å². The van der Waals surface area contributed by atoms with Crippen molar-refractivity contribution >= 4 is 17.7 Å². The van der Waals surface area contributed by atoms with Crippen LogP contribution >= 0.6 is 0 Å². The first-order chi connectivity index (χ1) is 12.7. The first-order valence-corrected chi connectivity index (χ1v) is 8.98. The molecule has 26 heavy (non-hydrogen) atoms. The molecule has 2 aliphatic rings. The minimum Gasteiger partial charge on any atom is -0.354 e. The number of hydrogen-bond donors (Lipinski definition) is 1. The minimum atomic E-state index is -0.341. The number of rotatable bonds is 4. The van der Waals surface area contributed by atoms with Crippen LogP contribution in [0.4, 0.5) is 16.2 Å². The molecule has 0 saturated carbocycles. The highest BCUT2D eigenvalue weighted by atomic mass is 19.1. The number of anilines is 2. The molecule has 0 unspecified atom stereocenters. The van der Waals surface area contributed by atoms with Crippen LogP contribution in [0.5, 0.6) is 0 Å². The van der Waals surface area contributed by atoms with Gasteiger partial charge in [0.15, 0.2) is 0 Å². The summed E-state index contributed by atoms with van der Waals surface area (Å²) in [5.41, 5.74) is 0.981. The molecule has 0 spiro atoms. The van der Waals surface area contributed by atoms with Gasteiger partial charge >= 0.3 is 0 Å². The van der Waals surface area contributed by atoms with Gasteiger partial charge in [-0.15, -0.1) is 0 Å². The summed E-state index contributed by atoms with van der Waals surface area (Å²) in [5, 5.41) is 3.10. The Morgan fingerprint density at radius 1 is 1.46 bits per heavy atom. The smallest absolute Gasteiger partial charge is 0.259 e. The monoisotopic (exact) mass is 354 g/mol. The Labute approximate surface area is 152 Å². The molecule has 4 rings (SSSR count). The average Bonchev–Trinajstić information content (AvgIpc) is 3.07. The first-order valence-electron chi connectivity index (χ1n) is 8.98. The molecule has 7 heteroatoms. The summed E-state index contributed by atoms with van der Waals surface area (Å²) >= 11 is 0. The summed E-state index contributed by atoms with van der Waals surface area (Å²) in [7, 11) is 0. The summed E-state index contributed by atoms with van der Waals surface area (Å²) < 4.78 is 14.1. The van der Waals surface area contributed by atoms with Crippen molar-refractivity contribution in [2.75, 3.05) is 29.9 Å². The predicted octanol–water partition coefficient (Wildman–Crippen LogP) is 2.47.